The Morgan fingerprint density at radius 1 is 1.33 bits per heavy atom. The second-order valence-corrected chi connectivity index (χ2v) is 5.67. The second kappa shape index (κ2) is 8.00. The van der Waals surface area contributed by atoms with Gasteiger partial charge in [0, 0.05) is 12.0 Å². The fourth-order valence-corrected chi connectivity index (χ4v) is 2.23. The van der Waals surface area contributed by atoms with E-state index >= 15 is 0 Å². The molecular formula is C15H21ClN2O3. The van der Waals surface area contributed by atoms with Crippen LogP contribution >= 0.6 is 11.6 Å². The Balaban J connectivity index is 2.70. The van der Waals surface area contributed by atoms with Crippen molar-refractivity contribution in [1.29, 1.82) is 0 Å². The number of aromatic carboxylic acids is 1. The summed E-state index contributed by atoms with van der Waals surface area (Å²) < 4.78 is 0. The molecule has 0 radical (unpaired) electrons. The van der Waals surface area contributed by atoms with Crippen LogP contribution in [-0.2, 0) is 4.79 Å². The Kier molecular flexibility index (Phi) is 6.65. The molecule has 0 bridgehead atoms. The second-order valence-electron chi connectivity index (χ2n) is 5.27. The minimum absolute atomic E-state index is 0.0877. The lowest BCUT2D eigenvalue weighted by Crippen LogP contribution is -2.22. The highest BCUT2D eigenvalue weighted by atomic mass is 35.5. The molecule has 21 heavy (non-hydrogen) atoms. The molecule has 2 atom stereocenters. The highest BCUT2D eigenvalue weighted by Crippen LogP contribution is 2.25. The number of benzene rings is 1. The van der Waals surface area contributed by atoms with Crippen LogP contribution < -0.4 is 11.1 Å². The minimum atomic E-state index is -1.17. The Bertz CT molecular complexity index is 518. The molecule has 1 amide bonds. The third-order valence-corrected chi connectivity index (χ3v) is 3.54. The molecule has 2 unspecified atom stereocenters. The summed E-state index contributed by atoms with van der Waals surface area (Å²) in [5, 5.41) is 11.9. The lowest BCUT2D eigenvalue weighted by Gasteiger charge is -2.14. The number of hydrogen-bond donors (Lipinski definition) is 3. The van der Waals surface area contributed by atoms with Crippen LogP contribution in [0.1, 0.15) is 43.5 Å². The maximum atomic E-state index is 12.1. The molecule has 0 saturated heterocycles. The quantitative estimate of drug-likeness (QED) is 0.721. The van der Waals surface area contributed by atoms with Gasteiger partial charge in [0.2, 0.25) is 5.91 Å². The van der Waals surface area contributed by atoms with Crippen LogP contribution in [0.25, 0.3) is 0 Å². The van der Waals surface area contributed by atoms with Crippen molar-refractivity contribution in [3.63, 3.8) is 0 Å². The molecule has 5 nitrogen and oxygen atoms in total. The highest BCUT2D eigenvalue weighted by molar-refractivity contribution is 6.34. The van der Waals surface area contributed by atoms with E-state index in [1.807, 2.05) is 13.8 Å². The van der Waals surface area contributed by atoms with Crippen molar-refractivity contribution < 1.29 is 14.7 Å². The van der Waals surface area contributed by atoms with E-state index in [0.717, 1.165) is 12.8 Å². The maximum absolute atomic E-state index is 12.1. The normalized spacial score (nSPS) is 13.5. The number of halogens is 1. The third-order valence-electron chi connectivity index (χ3n) is 3.23. The van der Waals surface area contributed by atoms with Gasteiger partial charge in [0.25, 0.3) is 0 Å². The number of amides is 1. The first-order valence-electron chi connectivity index (χ1n) is 6.91. The first-order valence-corrected chi connectivity index (χ1v) is 7.29. The maximum Gasteiger partial charge on any atom is 0.339 e. The molecule has 0 fully saturated rings. The molecule has 0 aromatic heterocycles. The molecule has 1 aromatic rings. The molecule has 0 heterocycles. The van der Waals surface area contributed by atoms with Crippen molar-refractivity contribution in [2.24, 2.45) is 11.7 Å². The average molecular weight is 313 g/mol. The number of carbonyl (C=O) groups is 2. The number of carbonyl (C=O) groups excluding carboxylic acids is 1. The molecule has 0 aliphatic rings. The Morgan fingerprint density at radius 3 is 2.57 bits per heavy atom. The summed E-state index contributed by atoms with van der Waals surface area (Å²) in [5.74, 6) is -1.60. The van der Waals surface area contributed by atoms with Crippen molar-refractivity contribution in [3.8, 4) is 0 Å². The number of nitrogens with two attached hydrogens (primary N) is 1. The lowest BCUT2D eigenvalue weighted by atomic mass is 10.0. The van der Waals surface area contributed by atoms with E-state index in [4.69, 9.17) is 22.4 Å². The van der Waals surface area contributed by atoms with Crippen molar-refractivity contribution in [2.75, 3.05) is 5.32 Å². The van der Waals surface area contributed by atoms with Gasteiger partial charge in [-0.3, -0.25) is 4.79 Å². The lowest BCUT2D eigenvalue weighted by molar-refractivity contribution is -0.119. The first kappa shape index (κ1) is 17.5. The standard InChI is InChI=1S/C15H21ClN2O3/c1-9(5-3-6-10(2)17)14(19)18-12-8-4-7-11(16)13(12)15(20)21/h4,7-10H,3,5-6,17H2,1-2H3,(H,18,19)(H,20,21). The van der Waals surface area contributed by atoms with Gasteiger partial charge in [-0.25, -0.2) is 4.79 Å². The molecular weight excluding hydrogens is 292 g/mol. The zero-order chi connectivity index (χ0) is 16.0. The Labute approximate surface area is 129 Å². The van der Waals surface area contributed by atoms with Gasteiger partial charge in [0.05, 0.1) is 10.7 Å². The topological polar surface area (TPSA) is 92.4 Å². The SMILES string of the molecule is CC(N)CCCC(C)C(=O)Nc1cccc(Cl)c1C(=O)O. The largest absolute Gasteiger partial charge is 0.478 e. The minimum Gasteiger partial charge on any atom is -0.478 e. The number of hydrogen-bond acceptors (Lipinski definition) is 3. The van der Waals surface area contributed by atoms with Gasteiger partial charge in [-0.15, -0.1) is 0 Å². The number of carboxylic acids is 1. The van der Waals surface area contributed by atoms with Crippen molar-refractivity contribution >= 4 is 29.2 Å². The predicted octanol–water partition coefficient (Wildman–Crippen LogP) is 3.13. The van der Waals surface area contributed by atoms with Gasteiger partial charge in [-0.1, -0.05) is 31.0 Å². The van der Waals surface area contributed by atoms with E-state index in [-0.39, 0.29) is 34.1 Å². The van der Waals surface area contributed by atoms with E-state index in [2.05, 4.69) is 5.32 Å². The fourth-order valence-electron chi connectivity index (χ4n) is 1.98. The summed E-state index contributed by atoms with van der Waals surface area (Å²) in [5.41, 5.74) is 5.80. The monoisotopic (exact) mass is 312 g/mol. The van der Waals surface area contributed by atoms with Gasteiger partial charge in [0.1, 0.15) is 5.56 Å². The third kappa shape index (κ3) is 5.36. The fraction of sp³-hybridized carbons (Fsp3) is 0.467. The molecule has 0 aliphatic carbocycles. The van der Waals surface area contributed by atoms with Crippen LogP contribution in [0.3, 0.4) is 0 Å². The molecule has 116 valence electrons. The summed E-state index contributed by atoms with van der Waals surface area (Å²) in [4.78, 5) is 23.3. The van der Waals surface area contributed by atoms with E-state index in [0.29, 0.717) is 6.42 Å². The number of rotatable bonds is 7. The van der Waals surface area contributed by atoms with Gasteiger partial charge < -0.3 is 16.2 Å². The number of carboxylic acid groups (broad SMARTS) is 1. The highest BCUT2D eigenvalue weighted by Gasteiger charge is 2.19. The summed E-state index contributed by atoms with van der Waals surface area (Å²) in [6.07, 6.45) is 2.42. The zero-order valence-corrected chi connectivity index (χ0v) is 13.0. The molecule has 1 rings (SSSR count). The van der Waals surface area contributed by atoms with E-state index in [9.17, 15) is 9.59 Å². The van der Waals surface area contributed by atoms with Crippen molar-refractivity contribution in [3.05, 3.63) is 28.8 Å². The molecule has 6 heteroatoms. The van der Waals surface area contributed by atoms with Gasteiger partial charge in [0.15, 0.2) is 0 Å². The van der Waals surface area contributed by atoms with Crippen LogP contribution in [0.2, 0.25) is 5.02 Å². The van der Waals surface area contributed by atoms with Gasteiger partial charge >= 0.3 is 5.97 Å². The molecule has 0 aliphatic heterocycles. The van der Waals surface area contributed by atoms with Crippen molar-refractivity contribution in [2.45, 2.75) is 39.2 Å². The van der Waals surface area contributed by atoms with Crippen LogP contribution in [0.15, 0.2) is 18.2 Å². The molecule has 0 spiro atoms. The molecule has 4 N–H and O–H groups in total. The smallest absolute Gasteiger partial charge is 0.339 e. The summed E-state index contributed by atoms with van der Waals surface area (Å²) in [6, 6.07) is 4.73. The van der Waals surface area contributed by atoms with Crippen LogP contribution in [0.5, 0.6) is 0 Å². The summed E-state index contributed by atoms with van der Waals surface area (Å²) in [6.45, 7) is 3.73. The van der Waals surface area contributed by atoms with Crippen molar-refractivity contribution in [1.82, 2.24) is 0 Å². The van der Waals surface area contributed by atoms with E-state index in [1.54, 1.807) is 6.07 Å². The van der Waals surface area contributed by atoms with Crippen LogP contribution in [0, 0.1) is 5.92 Å². The predicted molar refractivity (Wildman–Crippen MR) is 83.7 cm³/mol. The Morgan fingerprint density at radius 2 is 2.00 bits per heavy atom. The van der Waals surface area contributed by atoms with Gasteiger partial charge in [-0.2, -0.15) is 0 Å². The van der Waals surface area contributed by atoms with Gasteiger partial charge in [-0.05, 0) is 31.9 Å². The van der Waals surface area contributed by atoms with Crippen LogP contribution in [-0.4, -0.2) is 23.0 Å². The summed E-state index contributed by atoms with van der Waals surface area (Å²) in [7, 11) is 0. The Hall–Kier alpha value is -1.59. The molecule has 0 saturated carbocycles. The zero-order valence-electron chi connectivity index (χ0n) is 12.2. The van der Waals surface area contributed by atoms with Crippen LogP contribution in [0.4, 0.5) is 5.69 Å². The van der Waals surface area contributed by atoms with E-state index < -0.39 is 5.97 Å². The first-order chi connectivity index (χ1) is 9.82. The number of anilines is 1. The van der Waals surface area contributed by atoms with E-state index in [1.165, 1.54) is 12.1 Å². The number of nitrogens with one attached hydrogen (secondary N) is 1. The average Bonchev–Trinajstić information content (AvgIpc) is 2.37. The molecule has 1 aromatic carbocycles. The summed E-state index contributed by atoms with van der Waals surface area (Å²) >= 11 is 5.86.